The number of phenols is 1. The molecule has 0 aromatic heterocycles. The van der Waals surface area contributed by atoms with Gasteiger partial charge in [0.15, 0.2) is 11.5 Å². The maximum Gasteiger partial charge on any atom is 0.331 e. The third-order valence-corrected chi connectivity index (χ3v) is 9.05. The molecule has 0 amide bonds. The summed E-state index contributed by atoms with van der Waals surface area (Å²) < 4.78 is 17.2. The van der Waals surface area contributed by atoms with Crippen molar-refractivity contribution in [2.24, 2.45) is 23.7 Å². The summed E-state index contributed by atoms with van der Waals surface area (Å²) in [6.07, 6.45) is 9.12. The second-order valence-corrected chi connectivity index (χ2v) is 10.9. The van der Waals surface area contributed by atoms with Crippen LogP contribution in [-0.2, 0) is 19.1 Å². The van der Waals surface area contributed by atoms with Crippen molar-refractivity contribution in [1.82, 2.24) is 4.90 Å². The second kappa shape index (κ2) is 9.49. The Morgan fingerprint density at radius 3 is 2.60 bits per heavy atom. The van der Waals surface area contributed by atoms with Gasteiger partial charge in [0, 0.05) is 30.4 Å². The average molecular weight is 484 g/mol. The van der Waals surface area contributed by atoms with Crippen LogP contribution in [0.3, 0.4) is 0 Å². The van der Waals surface area contributed by atoms with E-state index in [1.165, 1.54) is 26.5 Å². The summed E-state index contributed by atoms with van der Waals surface area (Å²) in [5.41, 5.74) is 0.782. The Bertz CT molecular complexity index is 1010. The van der Waals surface area contributed by atoms with Gasteiger partial charge in [0.1, 0.15) is 12.2 Å². The highest BCUT2D eigenvalue weighted by Gasteiger charge is 2.66. The minimum Gasteiger partial charge on any atom is -0.504 e. The first-order valence-electron chi connectivity index (χ1n) is 13.0. The number of esters is 2. The Kier molecular flexibility index (Phi) is 6.55. The summed E-state index contributed by atoms with van der Waals surface area (Å²) in [6.45, 7) is 5.93. The highest BCUT2D eigenvalue weighted by Crippen LogP contribution is 2.61. The molecule has 0 radical (unpaired) electrons. The van der Waals surface area contributed by atoms with Gasteiger partial charge in [-0.2, -0.15) is 0 Å². The van der Waals surface area contributed by atoms with Crippen molar-refractivity contribution in [2.75, 3.05) is 20.2 Å². The Morgan fingerprint density at radius 1 is 1.14 bits per heavy atom. The lowest BCUT2D eigenvalue weighted by molar-refractivity contribution is -0.234. The number of ether oxygens (including phenoxy) is 3. The third kappa shape index (κ3) is 4.22. The molecule has 1 spiro atoms. The van der Waals surface area contributed by atoms with Gasteiger partial charge >= 0.3 is 11.9 Å². The first kappa shape index (κ1) is 24.2. The summed E-state index contributed by atoms with van der Waals surface area (Å²) in [6, 6.07) is 4.95. The van der Waals surface area contributed by atoms with Gasteiger partial charge in [0.2, 0.25) is 0 Å². The molecule has 2 saturated heterocycles. The number of methoxy groups -OCH3 is 1. The smallest absolute Gasteiger partial charge is 0.331 e. The van der Waals surface area contributed by atoms with Crippen LogP contribution in [0.1, 0.15) is 57.9 Å². The Hall–Kier alpha value is -2.54. The molecule has 2 heterocycles. The van der Waals surface area contributed by atoms with E-state index in [0.717, 1.165) is 50.8 Å². The maximum atomic E-state index is 13.0. The fourth-order valence-electron chi connectivity index (χ4n) is 7.99. The van der Waals surface area contributed by atoms with Gasteiger partial charge in [0.25, 0.3) is 0 Å². The number of hydrogen-bond acceptors (Lipinski definition) is 7. The van der Waals surface area contributed by atoms with Crippen LogP contribution in [0.2, 0.25) is 0 Å². The van der Waals surface area contributed by atoms with Gasteiger partial charge in [0.05, 0.1) is 7.11 Å². The maximum absolute atomic E-state index is 13.0. The fourth-order valence-corrected chi connectivity index (χ4v) is 7.99. The minimum absolute atomic E-state index is 0.0362. The van der Waals surface area contributed by atoms with Gasteiger partial charge in [-0.25, -0.2) is 4.79 Å². The van der Waals surface area contributed by atoms with Crippen LogP contribution in [0.25, 0.3) is 6.08 Å². The molecule has 4 fully saturated rings. The van der Waals surface area contributed by atoms with E-state index in [1.54, 1.807) is 24.3 Å². The number of carbonyl (C=O) groups excluding carboxylic acids is 2. The van der Waals surface area contributed by atoms with Crippen LogP contribution in [0.4, 0.5) is 0 Å². The highest BCUT2D eigenvalue weighted by atomic mass is 16.6. The number of phenolic OH excluding ortho intramolecular Hbond substituents is 1. The van der Waals surface area contributed by atoms with E-state index < -0.39 is 0 Å². The molecule has 0 unspecified atom stereocenters. The summed E-state index contributed by atoms with van der Waals surface area (Å²) in [4.78, 5) is 27.6. The molecule has 4 aliphatic rings. The van der Waals surface area contributed by atoms with Crippen LogP contribution >= 0.6 is 0 Å². The van der Waals surface area contributed by atoms with Crippen LogP contribution < -0.4 is 4.74 Å². The van der Waals surface area contributed by atoms with Crippen molar-refractivity contribution < 1.29 is 28.9 Å². The molecule has 2 aliphatic heterocycles. The number of carbonyl (C=O) groups is 2. The molecule has 2 saturated carbocycles. The van der Waals surface area contributed by atoms with Crippen molar-refractivity contribution in [3.63, 3.8) is 0 Å². The van der Waals surface area contributed by atoms with Crippen molar-refractivity contribution in [1.29, 1.82) is 0 Å². The molecule has 2 bridgehead atoms. The molecule has 35 heavy (non-hydrogen) atoms. The lowest BCUT2D eigenvalue weighted by Crippen LogP contribution is -2.74. The van der Waals surface area contributed by atoms with E-state index in [2.05, 4.69) is 11.8 Å². The predicted octanol–water partition coefficient (Wildman–Crippen LogP) is 4.18. The summed E-state index contributed by atoms with van der Waals surface area (Å²) >= 11 is 0. The predicted molar refractivity (Wildman–Crippen MR) is 131 cm³/mol. The number of nitrogens with zero attached hydrogens (tertiary/aromatic N) is 1. The van der Waals surface area contributed by atoms with Gasteiger partial charge in [-0.1, -0.05) is 13.0 Å². The zero-order chi connectivity index (χ0) is 24.7. The lowest BCUT2D eigenvalue weighted by Gasteiger charge is -2.68. The molecule has 7 heteroatoms. The van der Waals surface area contributed by atoms with Crippen LogP contribution in [0.5, 0.6) is 11.5 Å². The molecular formula is C28H37NO6. The molecule has 5 rings (SSSR count). The molecule has 1 N–H and O–H groups in total. The Labute approximate surface area is 207 Å². The molecule has 190 valence electrons. The highest BCUT2D eigenvalue weighted by molar-refractivity contribution is 5.87. The summed E-state index contributed by atoms with van der Waals surface area (Å²) in [5, 5.41) is 9.80. The van der Waals surface area contributed by atoms with E-state index in [0.29, 0.717) is 23.5 Å². The van der Waals surface area contributed by atoms with Gasteiger partial charge in [-0.3, -0.25) is 9.69 Å². The number of hydrogen-bond donors (Lipinski definition) is 1. The van der Waals surface area contributed by atoms with Gasteiger partial charge in [-0.05, 0) is 87.2 Å². The van der Waals surface area contributed by atoms with E-state index in [1.807, 2.05) is 0 Å². The SMILES string of the molecule is COc1cc(/C=C/C(=O)O[C@@H]2C[C@@H]3[C@H](OC(C)=O)[C@@H](C)C[C@]45[C@@H]3CCCN4CCC[C@H]25)ccc1O. The summed E-state index contributed by atoms with van der Waals surface area (Å²) in [5.74, 6) is 1.13. The van der Waals surface area contributed by atoms with Gasteiger partial charge < -0.3 is 19.3 Å². The quantitative estimate of drug-likeness (QED) is 0.497. The normalized spacial score (nSPS) is 36.3. The number of rotatable bonds is 5. The fraction of sp³-hybridized carbons (Fsp3) is 0.643. The van der Waals surface area contributed by atoms with E-state index >= 15 is 0 Å². The van der Waals surface area contributed by atoms with Crippen molar-refractivity contribution >= 4 is 18.0 Å². The Morgan fingerprint density at radius 2 is 1.89 bits per heavy atom. The number of aromatic hydroxyl groups is 1. The topological polar surface area (TPSA) is 85.3 Å². The van der Waals surface area contributed by atoms with Crippen molar-refractivity contribution in [3.8, 4) is 11.5 Å². The van der Waals surface area contributed by atoms with E-state index in [-0.39, 0.29) is 41.4 Å². The minimum atomic E-state index is -0.361. The molecule has 7 nitrogen and oxygen atoms in total. The Balaban J connectivity index is 1.39. The second-order valence-electron chi connectivity index (χ2n) is 10.9. The lowest BCUT2D eigenvalue weighted by atomic mass is 9.47. The van der Waals surface area contributed by atoms with Crippen molar-refractivity contribution in [2.45, 2.75) is 70.1 Å². The first-order valence-corrected chi connectivity index (χ1v) is 13.0. The number of piperidine rings is 2. The average Bonchev–Trinajstić information content (AvgIpc) is 2.83. The molecule has 7 atom stereocenters. The monoisotopic (exact) mass is 483 g/mol. The van der Waals surface area contributed by atoms with Crippen LogP contribution in [0, 0.1) is 23.7 Å². The summed E-state index contributed by atoms with van der Waals surface area (Å²) in [7, 11) is 1.49. The van der Waals surface area contributed by atoms with E-state index in [9.17, 15) is 14.7 Å². The molecule has 1 aromatic rings. The zero-order valence-corrected chi connectivity index (χ0v) is 20.9. The largest absolute Gasteiger partial charge is 0.504 e. The first-order chi connectivity index (χ1) is 16.8. The van der Waals surface area contributed by atoms with E-state index in [4.69, 9.17) is 14.2 Å². The molecule has 1 aromatic carbocycles. The van der Waals surface area contributed by atoms with Crippen molar-refractivity contribution in [3.05, 3.63) is 29.8 Å². The van der Waals surface area contributed by atoms with Crippen LogP contribution in [0.15, 0.2) is 24.3 Å². The van der Waals surface area contributed by atoms with Gasteiger partial charge in [-0.15, -0.1) is 0 Å². The number of benzene rings is 1. The molecular weight excluding hydrogens is 446 g/mol. The van der Waals surface area contributed by atoms with Crippen LogP contribution in [-0.4, -0.2) is 59.9 Å². The molecule has 2 aliphatic carbocycles. The zero-order valence-electron chi connectivity index (χ0n) is 20.9. The third-order valence-electron chi connectivity index (χ3n) is 9.05. The standard InChI is InChI=1S/C28H37NO6/c1-17-16-28-21-6-4-12-29(28)13-5-7-22(28)24(15-20(21)27(17)34-18(2)30)35-26(32)11-9-19-8-10-23(31)25(14-19)33-3/h8-11,14,17,20-22,24,27,31H,4-7,12-13,15-16H2,1-3H3/b11-9+/t17-,20-,21+,22+,24+,27+,28+/m0/s1.